The second-order valence-corrected chi connectivity index (χ2v) is 14.2. The summed E-state index contributed by atoms with van der Waals surface area (Å²) in [5.41, 5.74) is 8.55. The van der Waals surface area contributed by atoms with E-state index in [2.05, 4.69) is 182 Å². The fraction of sp³-hybridized carbons (Fsp3) is 0.0400. The smallest absolute Gasteiger partial charge is 0.235 e. The highest BCUT2D eigenvalue weighted by Gasteiger charge is 2.24. The molecule has 2 aromatic heterocycles. The largest absolute Gasteiger partial charge is 0.278 e. The zero-order chi connectivity index (χ0) is 35.2. The van der Waals surface area contributed by atoms with E-state index in [1.54, 1.807) is 0 Å². The number of fused-ring (bicyclic) bond motifs is 13. The van der Waals surface area contributed by atoms with Gasteiger partial charge in [-0.2, -0.15) is 0 Å². The molecule has 9 aromatic carbocycles. The Morgan fingerprint density at radius 2 is 0.981 bits per heavy atom. The van der Waals surface area contributed by atoms with E-state index in [-0.39, 0.29) is 0 Å². The standard InChI is InChI=1S/C50H33N3/c1-30-13-3-7-17-36(30)45-31(2)51-50(52-49(45)35-24-23-32-14-4-5-16-34(32)29-35)53-43-27-25-33-15-6-8-18-37(33)47(43)48-44(53)28-26-42-40-21-10-9-19-38(40)39-20-11-12-22-41(39)46(42)48/h3-29H,1-2H3. The van der Waals surface area contributed by atoms with Crippen LogP contribution in [-0.2, 0) is 0 Å². The van der Waals surface area contributed by atoms with Crippen molar-refractivity contribution in [1.82, 2.24) is 14.5 Å². The lowest BCUT2D eigenvalue weighted by Crippen LogP contribution is -2.07. The normalized spacial score (nSPS) is 12.0. The molecule has 11 aromatic rings. The van der Waals surface area contributed by atoms with Gasteiger partial charge >= 0.3 is 0 Å². The molecule has 3 nitrogen and oxygen atoms in total. The zero-order valence-electron chi connectivity index (χ0n) is 29.4. The molecule has 53 heavy (non-hydrogen) atoms. The summed E-state index contributed by atoms with van der Waals surface area (Å²) in [5, 5.41) is 14.8. The average Bonchev–Trinajstić information content (AvgIpc) is 3.56. The van der Waals surface area contributed by atoms with Gasteiger partial charge in [0.1, 0.15) is 0 Å². The molecule has 2 heterocycles. The molecule has 0 saturated carbocycles. The highest BCUT2D eigenvalue weighted by atomic mass is 15.2. The number of nitrogens with zero attached hydrogens (tertiary/aromatic N) is 3. The van der Waals surface area contributed by atoms with Crippen LogP contribution in [0.15, 0.2) is 164 Å². The average molecular weight is 676 g/mol. The third kappa shape index (κ3) is 4.34. The van der Waals surface area contributed by atoms with Crippen molar-refractivity contribution >= 4 is 75.7 Å². The second-order valence-electron chi connectivity index (χ2n) is 14.2. The molecule has 0 saturated heterocycles. The van der Waals surface area contributed by atoms with E-state index in [0.717, 1.165) is 39.1 Å². The van der Waals surface area contributed by atoms with E-state index in [9.17, 15) is 0 Å². The minimum Gasteiger partial charge on any atom is -0.278 e. The Kier molecular flexibility index (Phi) is 6.38. The summed E-state index contributed by atoms with van der Waals surface area (Å²) in [5.74, 6) is 0.669. The van der Waals surface area contributed by atoms with E-state index < -0.39 is 0 Å². The van der Waals surface area contributed by atoms with Crippen LogP contribution < -0.4 is 0 Å². The summed E-state index contributed by atoms with van der Waals surface area (Å²) in [4.78, 5) is 11.0. The minimum absolute atomic E-state index is 0.669. The van der Waals surface area contributed by atoms with Crippen LogP contribution in [-0.4, -0.2) is 14.5 Å². The molecule has 0 spiro atoms. The number of hydrogen-bond acceptors (Lipinski definition) is 2. The topological polar surface area (TPSA) is 30.7 Å². The molecule has 0 bridgehead atoms. The van der Waals surface area contributed by atoms with Gasteiger partial charge in [-0.25, -0.2) is 9.97 Å². The Morgan fingerprint density at radius 3 is 1.75 bits per heavy atom. The van der Waals surface area contributed by atoms with Gasteiger partial charge in [0.15, 0.2) is 0 Å². The maximum atomic E-state index is 5.60. The molecular weight excluding hydrogens is 643 g/mol. The summed E-state index contributed by atoms with van der Waals surface area (Å²) in [7, 11) is 0. The first-order valence-corrected chi connectivity index (χ1v) is 18.3. The molecule has 0 atom stereocenters. The van der Waals surface area contributed by atoms with Crippen molar-refractivity contribution in [3.63, 3.8) is 0 Å². The van der Waals surface area contributed by atoms with E-state index in [1.165, 1.54) is 70.2 Å². The Hall–Kier alpha value is -6.84. The Labute approximate surface area is 306 Å². The lowest BCUT2D eigenvalue weighted by Gasteiger charge is -2.17. The summed E-state index contributed by atoms with van der Waals surface area (Å²) >= 11 is 0. The minimum atomic E-state index is 0.669. The van der Waals surface area contributed by atoms with Crippen LogP contribution >= 0.6 is 0 Å². The number of rotatable bonds is 3. The zero-order valence-corrected chi connectivity index (χ0v) is 29.4. The Bertz CT molecular complexity index is 3280. The molecule has 11 rings (SSSR count). The molecule has 3 heteroatoms. The van der Waals surface area contributed by atoms with Gasteiger partial charge in [0.25, 0.3) is 0 Å². The Morgan fingerprint density at radius 1 is 0.415 bits per heavy atom. The van der Waals surface area contributed by atoms with Gasteiger partial charge in [0.2, 0.25) is 5.95 Å². The van der Waals surface area contributed by atoms with Crippen LogP contribution in [0.2, 0.25) is 0 Å². The highest BCUT2D eigenvalue weighted by molar-refractivity contribution is 6.37. The molecule has 0 amide bonds. The summed E-state index contributed by atoms with van der Waals surface area (Å²) in [6.45, 7) is 4.31. The predicted octanol–water partition coefficient (Wildman–Crippen LogP) is 13.3. The fourth-order valence-electron chi connectivity index (χ4n) is 8.86. The van der Waals surface area contributed by atoms with Gasteiger partial charge in [-0.05, 0) is 91.6 Å². The number of aryl methyl sites for hydroxylation is 2. The van der Waals surface area contributed by atoms with Crippen LogP contribution in [0.25, 0.3) is 104 Å². The molecule has 0 N–H and O–H groups in total. The van der Waals surface area contributed by atoms with Crippen LogP contribution in [0.4, 0.5) is 0 Å². The van der Waals surface area contributed by atoms with Crippen LogP contribution in [0.5, 0.6) is 0 Å². The fourth-order valence-corrected chi connectivity index (χ4v) is 8.86. The number of hydrogen-bond donors (Lipinski definition) is 0. The van der Waals surface area contributed by atoms with Crippen LogP contribution in [0.1, 0.15) is 11.3 Å². The highest BCUT2D eigenvalue weighted by Crippen LogP contribution is 2.45. The third-order valence-electron chi connectivity index (χ3n) is 11.2. The van der Waals surface area contributed by atoms with E-state index in [0.29, 0.717) is 5.95 Å². The predicted molar refractivity (Wildman–Crippen MR) is 224 cm³/mol. The van der Waals surface area contributed by atoms with Gasteiger partial charge in [-0.1, -0.05) is 146 Å². The quantitative estimate of drug-likeness (QED) is 0.175. The first-order chi connectivity index (χ1) is 26.1. The van der Waals surface area contributed by atoms with Crippen LogP contribution in [0.3, 0.4) is 0 Å². The van der Waals surface area contributed by atoms with Gasteiger partial charge in [-0.15, -0.1) is 0 Å². The second kappa shape index (κ2) is 11.3. The van der Waals surface area contributed by atoms with Crippen molar-refractivity contribution in [3.8, 4) is 28.3 Å². The maximum Gasteiger partial charge on any atom is 0.235 e. The monoisotopic (exact) mass is 675 g/mol. The molecule has 0 fully saturated rings. The van der Waals surface area contributed by atoms with Gasteiger partial charge < -0.3 is 0 Å². The van der Waals surface area contributed by atoms with Gasteiger partial charge in [0.05, 0.1) is 22.4 Å². The molecule has 248 valence electrons. The van der Waals surface area contributed by atoms with Crippen molar-refractivity contribution in [1.29, 1.82) is 0 Å². The third-order valence-corrected chi connectivity index (χ3v) is 11.2. The van der Waals surface area contributed by atoms with E-state index in [1.807, 2.05) is 0 Å². The summed E-state index contributed by atoms with van der Waals surface area (Å²) < 4.78 is 2.31. The summed E-state index contributed by atoms with van der Waals surface area (Å²) in [6.07, 6.45) is 0. The lowest BCUT2D eigenvalue weighted by molar-refractivity contribution is 0.970. The van der Waals surface area contributed by atoms with Crippen molar-refractivity contribution in [2.45, 2.75) is 13.8 Å². The first-order valence-electron chi connectivity index (χ1n) is 18.3. The molecule has 0 aliphatic rings. The number of aromatic nitrogens is 3. The molecular formula is C50H33N3. The van der Waals surface area contributed by atoms with Crippen LogP contribution in [0, 0.1) is 13.8 Å². The molecule has 0 radical (unpaired) electrons. The van der Waals surface area contributed by atoms with Gasteiger partial charge in [-0.3, -0.25) is 4.57 Å². The lowest BCUT2D eigenvalue weighted by atomic mass is 9.91. The summed E-state index contributed by atoms with van der Waals surface area (Å²) in [6, 6.07) is 59.3. The van der Waals surface area contributed by atoms with Crippen molar-refractivity contribution in [3.05, 3.63) is 175 Å². The SMILES string of the molecule is Cc1ccccc1-c1c(C)nc(-n2c3ccc4ccccc4c3c3c4c5ccccc5c5ccccc5c4ccc32)nc1-c1ccc2ccccc2c1. The number of benzene rings is 9. The molecule has 0 aliphatic carbocycles. The van der Waals surface area contributed by atoms with E-state index in [4.69, 9.17) is 9.97 Å². The van der Waals surface area contributed by atoms with E-state index >= 15 is 0 Å². The molecule has 0 unspecified atom stereocenters. The van der Waals surface area contributed by atoms with Crippen molar-refractivity contribution < 1.29 is 0 Å². The van der Waals surface area contributed by atoms with Crippen molar-refractivity contribution in [2.24, 2.45) is 0 Å². The molecule has 0 aliphatic heterocycles. The van der Waals surface area contributed by atoms with Crippen molar-refractivity contribution in [2.75, 3.05) is 0 Å². The maximum absolute atomic E-state index is 5.60. The first kappa shape index (κ1) is 29.8. The Balaban J connectivity index is 1.32. The van der Waals surface area contributed by atoms with Gasteiger partial charge in [0, 0.05) is 27.3 Å².